The summed E-state index contributed by atoms with van der Waals surface area (Å²) >= 11 is 11.0. The third-order valence-electron chi connectivity index (χ3n) is 3.28. The maximum Gasteiger partial charge on any atom is 0.288 e. The lowest BCUT2D eigenvalue weighted by atomic mass is 10.2. The summed E-state index contributed by atoms with van der Waals surface area (Å²) in [4.78, 5) is 13.5. The van der Waals surface area contributed by atoms with Gasteiger partial charge < -0.3 is 4.98 Å². The molecule has 1 heterocycles. The van der Waals surface area contributed by atoms with Crippen molar-refractivity contribution in [3.63, 3.8) is 0 Å². The van der Waals surface area contributed by atoms with Gasteiger partial charge in [0.2, 0.25) is 0 Å². The minimum atomic E-state index is -0.533. The van der Waals surface area contributed by atoms with Crippen LogP contribution in [0.15, 0.2) is 59.8 Å². The Morgan fingerprint density at radius 3 is 2.71 bits per heavy atom. The van der Waals surface area contributed by atoms with E-state index in [9.17, 15) is 10.1 Å². The second-order valence-electron chi connectivity index (χ2n) is 4.90. The van der Waals surface area contributed by atoms with Gasteiger partial charge in [-0.05, 0) is 23.8 Å². The zero-order valence-corrected chi connectivity index (χ0v) is 13.8. The molecule has 0 spiro atoms. The highest BCUT2D eigenvalue weighted by Gasteiger charge is 2.11. The first kappa shape index (κ1) is 16.1. The molecule has 1 aromatic heterocycles. The molecule has 0 saturated heterocycles. The van der Waals surface area contributed by atoms with Crippen LogP contribution >= 0.6 is 23.8 Å². The third-order valence-corrected chi connectivity index (χ3v) is 3.89. The molecule has 1 N–H and O–H groups in total. The van der Waals surface area contributed by atoms with Crippen molar-refractivity contribution in [3.05, 3.63) is 80.2 Å². The van der Waals surface area contributed by atoms with Crippen molar-refractivity contribution in [2.45, 2.75) is 0 Å². The first-order chi connectivity index (χ1) is 11.5. The molecule has 8 heteroatoms. The molecule has 3 rings (SSSR count). The third kappa shape index (κ3) is 3.42. The van der Waals surface area contributed by atoms with E-state index in [1.807, 2.05) is 30.3 Å². The predicted octanol–water partition coefficient (Wildman–Crippen LogP) is 4.66. The zero-order chi connectivity index (χ0) is 17.1. The molecular weight excluding hydrogens is 348 g/mol. The summed E-state index contributed by atoms with van der Waals surface area (Å²) in [7, 11) is 0. The summed E-state index contributed by atoms with van der Waals surface area (Å²) in [5.74, 6) is 0. The number of benzene rings is 2. The van der Waals surface area contributed by atoms with E-state index in [0.29, 0.717) is 10.3 Å². The van der Waals surface area contributed by atoms with Crippen molar-refractivity contribution in [3.8, 4) is 11.3 Å². The summed E-state index contributed by atoms with van der Waals surface area (Å²) in [6.45, 7) is 0. The summed E-state index contributed by atoms with van der Waals surface area (Å²) in [5.41, 5.74) is 2.21. The van der Waals surface area contributed by atoms with Gasteiger partial charge in [-0.1, -0.05) is 48.0 Å². The summed E-state index contributed by atoms with van der Waals surface area (Å²) < 4.78 is 1.92. The lowest BCUT2D eigenvalue weighted by Crippen LogP contribution is -1.93. The molecule has 0 unspecified atom stereocenters. The van der Waals surface area contributed by atoms with Gasteiger partial charge in [0.1, 0.15) is 5.02 Å². The number of rotatable bonds is 4. The number of imidazole rings is 1. The fourth-order valence-electron chi connectivity index (χ4n) is 2.11. The standard InChI is InChI=1S/C16H11ClN4O2S/c17-13-7-6-11(8-15(13)21(22)23)9-18-20-10-14(19-16(20)24)12-4-2-1-3-5-12/h1-10H,(H,19,24)/b18-9+. The fraction of sp³-hybridized carbons (Fsp3) is 0. The van der Waals surface area contributed by atoms with Crippen LogP contribution in [0.1, 0.15) is 5.56 Å². The molecule has 0 amide bonds. The van der Waals surface area contributed by atoms with Crippen LogP contribution in [0.3, 0.4) is 0 Å². The second-order valence-corrected chi connectivity index (χ2v) is 5.69. The van der Waals surface area contributed by atoms with Gasteiger partial charge in [-0.3, -0.25) is 10.1 Å². The van der Waals surface area contributed by atoms with Gasteiger partial charge in [-0.25, -0.2) is 4.68 Å². The highest BCUT2D eigenvalue weighted by molar-refractivity contribution is 7.71. The van der Waals surface area contributed by atoms with Crippen LogP contribution in [0.5, 0.6) is 0 Å². The van der Waals surface area contributed by atoms with Crippen LogP contribution in [0.25, 0.3) is 11.3 Å². The van der Waals surface area contributed by atoms with E-state index >= 15 is 0 Å². The minimum absolute atomic E-state index is 0.0850. The van der Waals surface area contributed by atoms with Crippen molar-refractivity contribution in [1.82, 2.24) is 9.66 Å². The Bertz CT molecular complexity index is 979. The van der Waals surface area contributed by atoms with Crippen molar-refractivity contribution in [2.75, 3.05) is 0 Å². The summed E-state index contributed by atoms with van der Waals surface area (Å²) in [6.07, 6.45) is 3.25. The Labute approximate surface area is 147 Å². The maximum atomic E-state index is 10.9. The van der Waals surface area contributed by atoms with Crippen LogP contribution in [0.4, 0.5) is 5.69 Å². The quantitative estimate of drug-likeness (QED) is 0.319. The van der Waals surface area contributed by atoms with E-state index in [4.69, 9.17) is 23.8 Å². The minimum Gasteiger partial charge on any atom is -0.329 e. The predicted molar refractivity (Wildman–Crippen MR) is 96.2 cm³/mol. The number of nitro benzene ring substituents is 1. The van der Waals surface area contributed by atoms with E-state index < -0.39 is 4.92 Å². The maximum absolute atomic E-state index is 10.9. The molecule has 0 saturated carbocycles. The Hall–Kier alpha value is -2.77. The van der Waals surface area contributed by atoms with Crippen molar-refractivity contribution >= 4 is 35.7 Å². The van der Waals surface area contributed by atoms with E-state index in [1.54, 1.807) is 12.3 Å². The molecule has 0 aliphatic rings. The van der Waals surface area contributed by atoms with Gasteiger partial charge in [-0.2, -0.15) is 5.10 Å². The number of H-pyrrole nitrogens is 1. The molecule has 120 valence electrons. The van der Waals surface area contributed by atoms with E-state index in [2.05, 4.69) is 10.1 Å². The Morgan fingerprint density at radius 2 is 2.00 bits per heavy atom. The Balaban J connectivity index is 1.91. The van der Waals surface area contributed by atoms with Gasteiger partial charge in [-0.15, -0.1) is 0 Å². The molecular formula is C16H11ClN4O2S. The number of aromatic amines is 1. The molecule has 2 aromatic carbocycles. The van der Waals surface area contributed by atoms with E-state index in [1.165, 1.54) is 23.0 Å². The SMILES string of the molecule is O=[N+]([O-])c1cc(/C=N/n2cc(-c3ccccc3)[nH]c2=S)ccc1Cl. The van der Waals surface area contributed by atoms with Crippen LogP contribution in [0, 0.1) is 14.9 Å². The summed E-state index contributed by atoms with van der Waals surface area (Å²) in [6, 6.07) is 14.2. The molecule has 0 atom stereocenters. The number of halogens is 1. The van der Waals surface area contributed by atoms with E-state index in [0.717, 1.165) is 11.3 Å². The number of nitro groups is 1. The smallest absolute Gasteiger partial charge is 0.288 e. The van der Waals surface area contributed by atoms with Crippen LogP contribution in [-0.2, 0) is 0 Å². The van der Waals surface area contributed by atoms with Gasteiger partial charge in [0.25, 0.3) is 5.69 Å². The lowest BCUT2D eigenvalue weighted by Gasteiger charge is -1.97. The van der Waals surface area contributed by atoms with Gasteiger partial charge in [0, 0.05) is 11.6 Å². The highest BCUT2D eigenvalue weighted by atomic mass is 35.5. The van der Waals surface area contributed by atoms with Crippen molar-refractivity contribution < 1.29 is 4.92 Å². The zero-order valence-electron chi connectivity index (χ0n) is 12.2. The molecule has 24 heavy (non-hydrogen) atoms. The second kappa shape index (κ2) is 6.77. The monoisotopic (exact) mass is 358 g/mol. The lowest BCUT2D eigenvalue weighted by molar-refractivity contribution is -0.384. The molecule has 0 radical (unpaired) electrons. The highest BCUT2D eigenvalue weighted by Crippen LogP contribution is 2.24. The van der Waals surface area contributed by atoms with Crippen molar-refractivity contribution in [2.24, 2.45) is 5.10 Å². The van der Waals surface area contributed by atoms with E-state index in [-0.39, 0.29) is 10.7 Å². The molecule has 3 aromatic rings. The Morgan fingerprint density at radius 1 is 1.25 bits per heavy atom. The first-order valence-corrected chi connectivity index (χ1v) is 7.68. The normalized spacial score (nSPS) is 11.0. The number of nitrogens with one attached hydrogen (secondary N) is 1. The number of aromatic nitrogens is 2. The molecule has 0 fully saturated rings. The van der Waals surface area contributed by atoms with Crippen LogP contribution < -0.4 is 0 Å². The summed E-state index contributed by atoms with van der Waals surface area (Å²) in [5, 5.41) is 15.2. The topological polar surface area (TPSA) is 76.2 Å². The average molecular weight is 359 g/mol. The largest absolute Gasteiger partial charge is 0.329 e. The van der Waals surface area contributed by atoms with Gasteiger partial charge >= 0.3 is 0 Å². The first-order valence-electron chi connectivity index (χ1n) is 6.90. The molecule has 0 aliphatic heterocycles. The number of nitrogens with zero attached hydrogens (tertiary/aromatic N) is 3. The van der Waals surface area contributed by atoms with Gasteiger partial charge in [0.05, 0.1) is 23.0 Å². The van der Waals surface area contributed by atoms with Gasteiger partial charge in [0.15, 0.2) is 4.77 Å². The Kier molecular flexibility index (Phi) is 4.54. The average Bonchev–Trinajstić information content (AvgIpc) is 2.95. The van der Waals surface area contributed by atoms with Crippen LogP contribution in [0.2, 0.25) is 5.02 Å². The number of hydrogen-bond acceptors (Lipinski definition) is 4. The molecule has 6 nitrogen and oxygen atoms in total. The number of hydrogen-bond donors (Lipinski definition) is 1. The fourth-order valence-corrected chi connectivity index (χ4v) is 2.51. The van der Waals surface area contributed by atoms with Crippen LogP contribution in [-0.4, -0.2) is 20.8 Å². The molecule has 0 aliphatic carbocycles. The van der Waals surface area contributed by atoms with Crippen molar-refractivity contribution in [1.29, 1.82) is 0 Å². The molecule has 0 bridgehead atoms.